The van der Waals surface area contributed by atoms with Crippen molar-refractivity contribution in [1.82, 2.24) is 39.6 Å². The fourth-order valence-electron chi connectivity index (χ4n) is 3.93. The molecule has 4 aromatic rings. The van der Waals surface area contributed by atoms with Gasteiger partial charge in [0.1, 0.15) is 24.3 Å². The monoisotopic (exact) mass is 553 g/mol. The number of hydrogen-bond acceptors (Lipinski definition) is 10. The van der Waals surface area contributed by atoms with Crippen LogP contribution in [0.15, 0.2) is 55.2 Å². The Morgan fingerprint density at radius 1 is 0.950 bits per heavy atom. The zero-order valence-corrected chi connectivity index (χ0v) is 21.6. The Kier molecular flexibility index (Phi) is 7.57. The first-order chi connectivity index (χ1) is 19.1. The SMILES string of the molecule is Cc1ccc(C(=O)Nc2cc(C(F)(F)F)ccn2)cc1Nc1ncn(-c2cc(NN3CCN(C)CC3)ncn2)n1. The number of pyridine rings is 1. The van der Waals surface area contributed by atoms with E-state index >= 15 is 0 Å². The van der Waals surface area contributed by atoms with Gasteiger partial charge in [-0.25, -0.2) is 24.6 Å². The van der Waals surface area contributed by atoms with Crippen molar-refractivity contribution in [3.05, 3.63) is 71.9 Å². The number of hydrogen-bond donors (Lipinski definition) is 3. The molecule has 0 unspecified atom stereocenters. The van der Waals surface area contributed by atoms with E-state index in [1.807, 2.05) is 6.92 Å². The number of anilines is 4. The van der Waals surface area contributed by atoms with Gasteiger partial charge in [-0.15, -0.1) is 5.10 Å². The molecule has 1 aliphatic rings. The van der Waals surface area contributed by atoms with Gasteiger partial charge in [0.05, 0.1) is 5.56 Å². The number of halogens is 3. The fourth-order valence-corrected chi connectivity index (χ4v) is 3.93. The van der Waals surface area contributed by atoms with Gasteiger partial charge < -0.3 is 21.0 Å². The molecule has 3 aromatic heterocycles. The minimum atomic E-state index is -4.55. The molecule has 1 fully saturated rings. The van der Waals surface area contributed by atoms with Crippen molar-refractivity contribution in [2.24, 2.45) is 0 Å². The molecule has 40 heavy (non-hydrogen) atoms. The lowest BCUT2D eigenvalue weighted by atomic mass is 10.1. The lowest BCUT2D eigenvalue weighted by Crippen LogP contribution is -2.47. The molecule has 15 heteroatoms. The summed E-state index contributed by atoms with van der Waals surface area (Å²) in [5, 5.41) is 12.0. The average Bonchev–Trinajstić information content (AvgIpc) is 3.40. The zero-order valence-electron chi connectivity index (χ0n) is 21.6. The average molecular weight is 554 g/mol. The predicted molar refractivity (Wildman–Crippen MR) is 141 cm³/mol. The summed E-state index contributed by atoms with van der Waals surface area (Å²) in [6.07, 6.45) is -0.622. The van der Waals surface area contributed by atoms with Gasteiger partial charge in [0.25, 0.3) is 5.91 Å². The van der Waals surface area contributed by atoms with Crippen LogP contribution < -0.4 is 16.1 Å². The number of nitrogens with zero attached hydrogens (tertiary/aromatic N) is 8. The second kappa shape index (κ2) is 11.2. The van der Waals surface area contributed by atoms with Crippen LogP contribution in [0.4, 0.5) is 36.4 Å². The summed E-state index contributed by atoms with van der Waals surface area (Å²) in [6.45, 7) is 5.46. The summed E-state index contributed by atoms with van der Waals surface area (Å²) in [7, 11) is 2.08. The molecule has 0 bridgehead atoms. The van der Waals surface area contributed by atoms with E-state index in [0.29, 0.717) is 17.3 Å². The number of carbonyl (C=O) groups is 1. The molecular weight excluding hydrogens is 527 g/mol. The van der Waals surface area contributed by atoms with Crippen molar-refractivity contribution in [3.63, 3.8) is 0 Å². The molecule has 0 atom stereocenters. The number of alkyl halides is 3. The third-order valence-electron chi connectivity index (χ3n) is 6.23. The van der Waals surface area contributed by atoms with Crippen molar-refractivity contribution in [2.45, 2.75) is 13.1 Å². The number of aryl methyl sites for hydroxylation is 1. The van der Waals surface area contributed by atoms with E-state index in [2.05, 4.69) is 58.1 Å². The summed E-state index contributed by atoms with van der Waals surface area (Å²) in [6, 6.07) is 8.19. The fraction of sp³-hybridized carbons (Fsp3) is 0.280. The molecule has 12 nitrogen and oxygen atoms in total. The van der Waals surface area contributed by atoms with Gasteiger partial charge in [0.2, 0.25) is 5.95 Å². The maximum Gasteiger partial charge on any atom is 0.416 e. The van der Waals surface area contributed by atoms with Crippen LogP contribution in [0.5, 0.6) is 0 Å². The van der Waals surface area contributed by atoms with Crippen LogP contribution in [0.2, 0.25) is 0 Å². The molecule has 1 amide bonds. The molecule has 5 rings (SSSR count). The molecule has 1 aliphatic heterocycles. The lowest BCUT2D eigenvalue weighted by molar-refractivity contribution is -0.137. The summed E-state index contributed by atoms with van der Waals surface area (Å²) in [4.78, 5) is 31.7. The Hall–Kier alpha value is -4.63. The minimum absolute atomic E-state index is 0.207. The number of piperazine rings is 1. The Balaban J connectivity index is 1.27. The molecule has 0 saturated carbocycles. The van der Waals surface area contributed by atoms with E-state index in [1.165, 1.54) is 17.3 Å². The predicted octanol–water partition coefficient (Wildman–Crippen LogP) is 3.35. The normalized spacial score (nSPS) is 14.6. The second-order valence-electron chi connectivity index (χ2n) is 9.21. The summed E-state index contributed by atoms with van der Waals surface area (Å²) in [5.74, 6) is 0.568. The number of likely N-dealkylation sites (N-methyl/N-ethyl adjacent to an activating group) is 1. The highest BCUT2D eigenvalue weighted by Crippen LogP contribution is 2.30. The Morgan fingerprint density at radius 3 is 2.52 bits per heavy atom. The number of hydrazine groups is 1. The van der Waals surface area contributed by atoms with Crippen molar-refractivity contribution < 1.29 is 18.0 Å². The quantitative estimate of drug-likeness (QED) is 0.313. The van der Waals surface area contributed by atoms with Crippen LogP contribution in [0.25, 0.3) is 5.82 Å². The highest BCUT2D eigenvalue weighted by atomic mass is 19.4. The first-order valence-electron chi connectivity index (χ1n) is 12.3. The summed E-state index contributed by atoms with van der Waals surface area (Å²) < 4.78 is 40.5. The first kappa shape index (κ1) is 27.0. The van der Waals surface area contributed by atoms with Crippen LogP contribution in [0.3, 0.4) is 0 Å². The van der Waals surface area contributed by atoms with Crippen LogP contribution >= 0.6 is 0 Å². The van der Waals surface area contributed by atoms with Gasteiger partial charge in [-0.05, 0) is 43.8 Å². The Labute approximate surface area is 227 Å². The molecule has 208 valence electrons. The maximum atomic E-state index is 13.0. The van der Waals surface area contributed by atoms with Gasteiger partial charge in [0, 0.05) is 49.7 Å². The maximum absolute atomic E-state index is 13.0. The number of carbonyl (C=O) groups excluding carboxylic acids is 1. The van der Waals surface area contributed by atoms with Crippen molar-refractivity contribution in [3.8, 4) is 5.82 Å². The summed E-state index contributed by atoms with van der Waals surface area (Å²) in [5.41, 5.74) is 3.94. The molecule has 1 aromatic carbocycles. The topological polar surface area (TPSA) is 129 Å². The van der Waals surface area contributed by atoms with Gasteiger partial charge in [-0.3, -0.25) is 4.79 Å². The van der Waals surface area contributed by atoms with Crippen molar-refractivity contribution in [1.29, 1.82) is 0 Å². The van der Waals surface area contributed by atoms with Gasteiger partial charge >= 0.3 is 6.18 Å². The molecular formula is C25H26F3N11O. The number of nitrogens with one attached hydrogen (secondary N) is 3. The largest absolute Gasteiger partial charge is 0.416 e. The van der Waals surface area contributed by atoms with Crippen LogP contribution in [-0.2, 0) is 6.18 Å². The van der Waals surface area contributed by atoms with E-state index < -0.39 is 17.6 Å². The van der Waals surface area contributed by atoms with E-state index in [4.69, 9.17) is 0 Å². The highest BCUT2D eigenvalue weighted by molar-refractivity contribution is 6.04. The number of benzene rings is 1. The van der Waals surface area contributed by atoms with Gasteiger partial charge in [-0.1, -0.05) is 6.07 Å². The lowest BCUT2D eigenvalue weighted by Gasteiger charge is -2.32. The van der Waals surface area contributed by atoms with Crippen molar-refractivity contribution in [2.75, 3.05) is 49.3 Å². The van der Waals surface area contributed by atoms with Gasteiger partial charge in [0.15, 0.2) is 5.82 Å². The van der Waals surface area contributed by atoms with E-state index in [1.54, 1.807) is 24.3 Å². The number of amides is 1. The molecule has 4 heterocycles. The second-order valence-corrected chi connectivity index (χ2v) is 9.21. The molecule has 0 aliphatic carbocycles. The van der Waals surface area contributed by atoms with Crippen molar-refractivity contribution >= 4 is 29.2 Å². The zero-order chi connectivity index (χ0) is 28.3. The van der Waals surface area contributed by atoms with Gasteiger partial charge in [-0.2, -0.15) is 18.2 Å². The number of rotatable bonds is 7. The summed E-state index contributed by atoms with van der Waals surface area (Å²) >= 11 is 0. The first-order valence-corrected chi connectivity index (χ1v) is 12.3. The number of aromatic nitrogens is 6. The minimum Gasteiger partial charge on any atom is -0.323 e. The third-order valence-corrected chi connectivity index (χ3v) is 6.23. The van der Waals surface area contributed by atoms with E-state index in [0.717, 1.165) is 50.1 Å². The smallest absolute Gasteiger partial charge is 0.323 e. The Morgan fingerprint density at radius 2 is 1.75 bits per heavy atom. The van der Waals surface area contributed by atoms with Crippen LogP contribution in [0.1, 0.15) is 21.5 Å². The standard InChI is InChI=1S/C25H26F3N11O/c1-16-3-4-17(23(40)34-20-12-18(5-6-29-20)25(26,27)28)11-19(16)33-24-32-15-39(36-24)22-13-21(30-14-31-22)35-38-9-7-37(2)8-10-38/h3-6,11-15H,7-10H2,1-2H3,(H,33,36)(H,29,34,40)(H,30,31,35). The van der Waals surface area contributed by atoms with Crippen LogP contribution in [0, 0.1) is 6.92 Å². The molecule has 0 spiro atoms. The Bertz CT molecular complexity index is 1500. The van der Waals surface area contributed by atoms with Crippen LogP contribution in [-0.4, -0.2) is 78.8 Å². The van der Waals surface area contributed by atoms with E-state index in [9.17, 15) is 18.0 Å². The molecule has 3 N–H and O–H groups in total. The highest BCUT2D eigenvalue weighted by Gasteiger charge is 2.31. The molecule has 1 saturated heterocycles. The molecule has 0 radical (unpaired) electrons. The third kappa shape index (κ3) is 6.50. The van der Waals surface area contributed by atoms with E-state index in [-0.39, 0.29) is 17.3 Å².